The van der Waals surface area contributed by atoms with E-state index in [1.807, 2.05) is 37.3 Å². The van der Waals surface area contributed by atoms with Crippen molar-refractivity contribution < 1.29 is 0 Å². The maximum atomic E-state index is 8.41. The van der Waals surface area contributed by atoms with Crippen LogP contribution in [-0.4, -0.2) is 0 Å². The molecule has 0 saturated heterocycles. The van der Waals surface area contributed by atoms with Crippen LogP contribution in [0.5, 0.6) is 0 Å². The smallest absolute Gasteiger partial charge is 0.0912 e. The maximum absolute atomic E-state index is 8.41. The zero-order valence-electron chi connectivity index (χ0n) is 8.44. The number of hydrogen-bond acceptors (Lipinski definition) is 2. The van der Waals surface area contributed by atoms with E-state index in [-0.39, 0.29) is 0 Å². The molecule has 0 amide bonds. The van der Waals surface area contributed by atoms with E-state index in [2.05, 4.69) is 0 Å². The molecule has 0 aliphatic rings. The molecule has 1 aromatic carbocycles. The molecule has 0 unspecified atom stereocenters. The lowest BCUT2D eigenvalue weighted by Gasteiger charge is -1.99. The van der Waals surface area contributed by atoms with Gasteiger partial charge in [-0.2, -0.15) is 10.5 Å². The lowest BCUT2D eigenvalue weighted by molar-refractivity contribution is 1.44. The van der Waals surface area contributed by atoms with Crippen LogP contribution < -0.4 is 0 Å². The highest BCUT2D eigenvalue weighted by molar-refractivity contribution is 5.61. The van der Waals surface area contributed by atoms with Crippen molar-refractivity contribution in [3.63, 3.8) is 0 Å². The van der Waals surface area contributed by atoms with Crippen LogP contribution in [0.3, 0.4) is 0 Å². The average Bonchev–Trinajstić information content (AvgIpc) is 2.23. The summed E-state index contributed by atoms with van der Waals surface area (Å²) in [6, 6.07) is 9.79. The van der Waals surface area contributed by atoms with Gasteiger partial charge >= 0.3 is 0 Å². The van der Waals surface area contributed by atoms with Crippen LogP contribution in [0.4, 0.5) is 0 Å². The summed E-state index contributed by atoms with van der Waals surface area (Å²) in [5.41, 5.74) is 3.04. The van der Waals surface area contributed by atoms with Crippen molar-refractivity contribution in [1.29, 1.82) is 10.5 Å². The van der Waals surface area contributed by atoms with Crippen LogP contribution >= 0.6 is 0 Å². The summed E-state index contributed by atoms with van der Waals surface area (Å²) >= 11 is 0. The molecule has 0 atom stereocenters. The monoisotopic (exact) mass is 194 g/mol. The summed E-state index contributed by atoms with van der Waals surface area (Å²) in [6.45, 7) is 1.98. The second-order valence-electron chi connectivity index (χ2n) is 3.10. The molecule has 72 valence electrons. The lowest BCUT2D eigenvalue weighted by Crippen LogP contribution is -1.80. The first kappa shape index (κ1) is 10.8. The van der Waals surface area contributed by atoms with Crippen LogP contribution in [0.1, 0.15) is 16.7 Å². The molecule has 2 nitrogen and oxygen atoms in total. The molecule has 0 heterocycles. The van der Waals surface area contributed by atoms with Gasteiger partial charge in [0.2, 0.25) is 0 Å². The van der Waals surface area contributed by atoms with Crippen molar-refractivity contribution in [2.45, 2.75) is 6.92 Å². The first-order valence-corrected chi connectivity index (χ1v) is 4.50. The van der Waals surface area contributed by atoms with Crippen LogP contribution in [0.15, 0.2) is 30.4 Å². The Bertz CT molecular complexity index is 440. The van der Waals surface area contributed by atoms with Crippen molar-refractivity contribution in [3.8, 4) is 12.1 Å². The summed E-state index contributed by atoms with van der Waals surface area (Å²) in [4.78, 5) is 0. The Hall–Kier alpha value is -2.32. The van der Waals surface area contributed by atoms with Gasteiger partial charge in [-0.25, -0.2) is 0 Å². The van der Waals surface area contributed by atoms with Gasteiger partial charge in [-0.05, 0) is 41.8 Å². The van der Waals surface area contributed by atoms with Gasteiger partial charge in [0.15, 0.2) is 0 Å². The van der Waals surface area contributed by atoms with Gasteiger partial charge in [-0.1, -0.05) is 12.1 Å². The molecule has 15 heavy (non-hydrogen) atoms. The second kappa shape index (κ2) is 5.42. The van der Waals surface area contributed by atoms with Gasteiger partial charge in [0.1, 0.15) is 0 Å². The fraction of sp³-hybridized carbons (Fsp3) is 0.0769. The van der Waals surface area contributed by atoms with Gasteiger partial charge in [-0.15, -0.1) is 0 Å². The van der Waals surface area contributed by atoms with Crippen LogP contribution in [0.2, 0.25) is 0 Å². The van der Waals surface area contributed by atoms with Crippen LogP contribution in [-0.2, 0) is 0 Å². The molecule has 0 bridgehead atoms. The van der Waals surface area contributed by atoms with Gasteiger partial charge in [0.25, 0.3) is 0 Å². The quantitative estimate of drug-likeness (QED) is 0.679. The molecule has 0 radical (unpaired) electrons. The molecule has 1 rings (SSSR count). The van der Waals surface area contributed by atoms with E-state index in [0.717, 1.165) is 16.7 Å². The molecule has 0 fully saturated rings. The Labute approximate surface area is 89.4 Å². The van der Waals surface area contributed by atoms with Crippen molar-refractivity contribution in [2.75, 3.05) is 0 Å². The summed E-state index contributed by atoms with van der Waals surface area (Å²) < 4.78 is 0. The molecule has 1 aromatic rings. The number of aryl methyl sites for hydroxylation is 1. The predicted molar refractivity (Wildman–Crippen MR) is 60.5 cm³/mol. The van der Waals surface area contributed by atoms with Gasteiger partial charge in [-0.3, -0.25) is 0 Å². The maximum Gasteiger partial charge on any atom is 0.0912 e. The minimum Gasteiger partial charge on any atom is -0.193 e. The van der Waals surface area contributed by atoms with E-state index in [0.29, 0.717) is 0 Å². The highest BCUT2D eigenvalue weighted by Gasteiger charge is 1.93. The molecular weight excluding hydrogens is 184 g/mol. The van der Waals surface area contributed by atoms with Crippen molar-refractivity contribution in [3.05, 3.63) is 47.0 Å². The number of rotatable bonds is 2. The lowest BCUT2D eigenvalue weighted by atomic mass is 10.1. The fourth-order valence-electron chi connectivity index (χ4n) is 1.30. The molecular formula is C13H10N2. The average molecular weight is 194 g/mol. The minimum atomic E-state index is 0.967. The van der Waals surface area contributed by atoms with Gasteiger partial charge in [0, 0.05) is 12.2 Å². The van der Waals surface area contributed by atoms with Gasteiger partial charge < -0.3 is 0 Å². The Morgan fingerprint density at radius 3 is 1.80 bits per heavy atom. The van der Waals surface area contributed by atoms with Crippen molar-refractivity contribution in [1.82, 2.24) is 0 Å². The summed E-state index contributed by atoms with van der Waals surface area (Å²) in [5, 5.41) is 16.8. The first-order valence-electron chi connectivity index (χ1n) is 4.50. The zero-order valence-corrected chi connectivity index (χ0v) is 8.44. The molecule has 2 heteroatoms. The Morgan fingerprint density at radius 2 is 1.40 bits per heavy atom. The largest absolute Gasteiger partial charge is 0.193 e. The summed E-state index contributed by atoms with van der Waals surface area (Å²) in [5.74, 6) is 0. The van der Waals surface area contributed by atoms with Crippen LogP contribution in [0.25, 0.3) is 12.2 Å². The number of allylic oxidation sites excluding steroid dienone is 2. The van der Waals surface area contributed by atoms with E-state index in [1.165, 1.54) is 12.2 Å². The highest BCUT2D eigenvalue weighted by Crippen LogP contribution is 2.12. The van der Waals surface area contributed by atoms with Crippen molar-refractivity contribution in [2.24, 2.45) is 0 Å². The van der Waals surface area contributed by atoms with E-state index < -0.39 is 0 Å². The Morgan fingerprint density at radius 1 is 0.933 bits per heavy atom. The van der Waals surface area contributed by atoms with Crippen LogP contribution in [0, 0.1) is 29.6 Å². The first-order chi connectivity index (χ1) is 7.26. The molecule has 0 aromatic heterocycles. The zero-order chi connectivity index (χ0) is 11.1. The third-order valence-corrected chi connectivity index (χ3v) is 1.82. The molecule has 0 aliphatic heterocycles. The molecule has 0 spiro atoms. The summed E-state index contributed by atoms with van der Waals surface area (Å²) in [6.07, 6.45) is 6.37. The minimum absolute atomic E-state index is 0.967. The number of hydrogen-bond donors (Lipinski definition) is 0. The fourth-order valence-corrected chi connectivity index (χ4v) is 1.30. The molecule has 0 saturated carbocycles. The normalized spacial score (nSPS) is 10.3. The molecule has 0 N–H and O–H groups in total. The standard InChI is InChI=1S/C13H10N2/c1-11-8-12(4-2-6-14)10-13(9-11)5-3-7-15/h2-5,8-10H,1H3/b4-2+,5-3+. The predicted octanol–water partition coefficient (Wildman–Crippen LogP) is 3.07. The number of nitriles is 2. The third kappa shape index (κ3) is 3.50. The molecule has 0 aliphatic carbocycles. The topological polar surface area (TPSA) is 47.6 Å². The Balaban J connectivity index is 3.07. The Kier molecular flexibility index (Phi) is 3.89. The SMILES string of the molecule is Cc1cc(/C=C/C#N)cc(/C=C/C#N)c1. The van der Waals surface area contributed by atoms with E-state index >= 15 is 0 Å². The van der Waals surface area contributed by atoms with E-state index in [4.69, 9.17) is 10.5 Å². The summed E-state index contributed by atoms with van der Waals surface area (Å²) in [7, 11) is 0. The second-order valence-corrected chi connectivity index (χ2v) is 3.10. The number of benzene rings is 1. The van der Waals surface area contributed by atoms with E-state index in [1.54, 1.807) is 12.2 Å². The number of nitrogens with zero attached hydrogens (tertiary/aromatic N) is 2. The third-order valence-electron chi connectivity index (χ3n) is 1.82. The highest BCUT2D eigenvalue weighted by atomic mass is 14.2. The van der Waals surface area contributed by atoms with E-state index in [9.17, 15) is 0 Å². The van der Waals surface area contributed by atoms with Crippen molar-refractivity contribution >= 4 is 12.2 Å². The van der Waals surface area contributed by atoms with Gasteiger partial charge in [0.05, 0.1) is 12.1 Å².